The Bertz CT molecular complexity index is 402. The van der Waals surface area contributed by atoms with Crippen LogP contribution in [0.5, 0.6) is 0 Å². The lowest BCUT2D eigenvalue weighted by atomic mass is 10.1. The average Bonchev–Trinajstić information content (AvgIpc) is 2.02. The van der Waals surface area contributed by atoms with Crippen LogP contribution in [0.25, 0.3) is 5.53 Å². The van der Waals surface area contributed by atoms with Crippen molar-refractivity contribution in [2.45, 2.75) is 6.10 Å². The Morgan fingerprint density at radius 3 is 2.77 bits per heavy atom. The Kier molecular flexibility index (Phi) is 2.74. The van der Waals surface area contributed by atoms with Gasteiger partial charge in [0.25, 0.3) is 0 Å². The molecule has 1 N–H and O–H groups in total. The van der Waals surface area contributed by atoms with E-state index in [1.54, 1.807) is 6.08 Å². The predicted octanol–water partition coefficient (Wildman–Crippen LogP) is -0.0288. The second kappa shape index (κ2) is 3.63. The van der Waals surface area contributed by atoms with Gasteiger partial charge in [0.15, 0.2) is 6.10 Å². The Morgan fingerprint density at radius 1 is 1.54 bits per heavy atom. The first-order valence-corrected chi connectivity index (χ1v) is 4.62. The molecule has 6 nitrogen and oxygen atoms in total. The third kappa shape index (κ3) is 2.92. The molecule has 70 valence electrons. The molecular weight excluding hydrogens is 196 g/mol. The molecule has 7 heteroatoms. The lowest BCUT2D eigenvalue weighted by Crippen LogP contribution is -2.25. The van der Waals surface area contributed by atoms with Gasteiger partial charge in [0.1, 0.15) is 0 Å². The SMILES string of the molecule is [N-]=[N+]=C1C=CC=CC1OS(=O)(=O)O. The minimum Gasteiger partial charge on any atom is -0.361 e. The first kappa shape index (κ1) is 9.82. The molecule has 13 heavy (non-hydrogen) atoms. The first-order valence-electron chi connectivity index (χ1n) is 3.25. The average molecular weight is 202 g/mol. The van der Waals surface area contributed by atoms with Crippen LogP contribution in [0, 0.1) is 0 Å². The highest BCUT2D eigenvalue weighted by molar-refractivity contribution is 7.80. The van der Waals surface area contributed by atoms with Crippen LogP contribution in [0.15, 0.2) is 24.3 Å². The molecule has 0 aliphatic heterocycles. The van der Waals surface area contributed by atoms with Gasteiger partial charge in [-0.15, -0.1) is 0 Å². The molecule has 1 rings (SSSR count). The van der Waals surface area contributed by atoms with Crippen molar-refractivity contribution in [1.29, 1.82) is 0 Å². The highest BCUT2D eigenvalue weighted by Gasteiger charge is 2.25. The van der Waals surface area contributed by atoms with E-state index in [0.29, 0.717) is 0 Å². The minimum atomic E-state index is -4.54. The Balaban J connectivity index is 2.88. The van der Waals surface area contributed by atoms with E-state index in [1.807, 2.05) is 0 Å². The molecule has 0 aromatic rings. The molecule has 0 aromatic carbocycles. The van der Waals surface area contributed by atoms with Crippen LogP contribution in [0.3, 0.4) is 0 Å². The van der Waals surface area contributed by atoms with Crippen LogP contribution in [0.4, 0.5) is 0 Å². The fourth-order valence-electron chi connectivity index (χ4n) is 0.815. The molecule has 0 bridgehead atoms. The molecule has 0 radical (unpaired) electrons. The number of hydrogen-bond acceptors (Lipinski definition) is 3. The van der Waals surface area contributed by atoms with Crippen molar-refractivity contribution in [3.05, 3.63) is 29.8 Å². The summed E-state index contributed by atoms with van der Waals surface area (Å²) in [4.78, 5) is 2.79. The quantitative estimate of drug-likeness (QED) is 0.386. The van der Waals surface area contributed by atoms with Crippen molar-refractivity contribution in [2.75, 3.05) is 0 Å². The van der Waals surface area contributed by atoms with Crippen LogP contribution >= 0.6 is 0 Å². The largest absolute Gasteiger partial charge is 0.398 e. The van der Waals surface area contributed by atoms with Gasteiger partial charge in [-0.3, -0.25) is 4.55 Å². The number of nitrogens with zero attached hydrogens (tertiary/aromatic N) is 2. The second-order valence-electron chi connectivity index (χ2n) is 2.21. The molecule has 1 aliphatic carbocycles. The summed E-state index contributed by atoms with van der Waals surface area (Å²) in [5.41, 5.74) is 8.40. The van der Waals surface area contributed by atoms with Gasteiger partial charge in [-0.25, -0.2) is 4.18 Å². The van der Waals surface area contributed by atoms with E-state index in [-0.39, 0.29) is 5.71 Å². The van der Waals surface area contributed by atoms with E-state index in [9.17, 15) is 8.42 Å². The fourth-order valence-corrected chi connectivity index (χ4v) is 1.24. The van der Waals surface area contributed by atoms with Gasteiger partial charge in [0, 0.05) is 6.08 Å². The van der Waals surface area contributed by atoms with Crippen LogP contribution in [-0.2, 0) is 14.6 Å². The number of hydrogen-bond donors (Lipinski definition) is 1. The van der Waals surface area contributed by atoms with Gasteiger partial charge >= 0.3 is 16.1 Å². The van der Waals surface area contributed by atoms with Gasteiger partial charge in [-0.05, 0) is 6.08 Å². The zero-order valence-corrected chi connectivity index (χ0v) is 7.18. The molecule has 0 amide bonds. The van der Waals surface area contributed by atoms with E-state index in [0.717, 1.165) is 0 Å². The minimum absolute atomic E-state index is 0.000116. The van der Waals surface area contributed by atoms with Gasteiger partial charge < -0.3 is 5.53 Å². The third-order valence-corrected chi connectivity index (χ3v) is 1.75. The Hall–Kier alpha value is -1.27. The van der Waals surface area contributed by atoms with Gasteiger partial charge in [0.2, 0.25) is 0 Å². The maximum atomic E-state index is 10.3. The summed E-state index contributed by atoms with van der Waals surface area (Å²) in [5, 5.41) is 0. The summed E-state index contributed by atoms with van der Waals surface area (Å²) in [5.74, 6) is 0. The smallest absolute Gasteiger partial charge is 0.361 e. The maximum absolute atomic E-state index is 10.3. The number of allylic oxidation sites excluding steroid dienone is 2. The van der Waals surface area contributed by atoms with Gasteiger partial charge in [0.05, 0.1) is 0 Å². The topological polar surface area (TPSA) is 100 Å². The van der Waals surface area contributed by atoms with Crippen molar-refractivity contribution in [2.24, 2.45) is 0 Å². The summed E-state index contributed by atoms with van der Waals surface area (Å²) in [6.07, 6.45) is 4.65. The van der Waals surface area contributed by atoms with Crippen LogP contribution in [0.2, 0.25) is 0 Å². The summed E-state index contributed by atoms with van der Waals surface area (Å²) in [6.45, 7) is 0. The van der Waals surface area contributed by atoms with E-state index in [1.165, 1.54) is 18.2 Å². The Labute approximate surface area is 74.7 Å². The second-order valence-corrected chi connectivity index (χ2v) is 3.26. The van der Waals surface area contributed by atoms with E-state index < -0.39 is 16.5 Å². The third-order valence-electron chi connectivity index (χ3n) is 1.30. The van der Waals surface area contributed by atoms with Gasteiger partial charge in [-0.1, -0.05) is 12.2 Å². The van der Waals surface area contributed by atoms with E-state index >= 15 is 0 Å². The van der Waals surface area contributed by atoms with Crippen LogP contribution in [-0.4, -0.2) is 29.6 Å². The monoisotopic (exact) mass is 202 g/mol. The van der Waals surface area contributed by atoms with Crippen molar-refractivity contribution in [3.8, 4) is 0 Å². The molecule has 1 atom stereocenters. The number of rotatable bonds is 2. The van der Waals surface area contributed by atoms with Crippen LogP contribution < -0.4 is 0 Å². The zero-order valence-electron chi connectivity index (χ0n) is 6.36. The van der Waals surface area contributed by atoms with Crippen LogP contribution in [0.1, 0.15) is 0 Å². The molecule has 0 heterocycles. The summed E-state index contributed by atoms with van der Waals surface area (Å²) in [7, 11) is -4.54. The van der Waals surface area contributed by atoms with Gasteiger partial charge in [-0.2, -0.15) is 13.2 Å². The summed E-state index contributed by atoms with van der Waals surface area (Å²) in [6, 6.07) is 0. The molecule has 1 unspecified atom stereocenters. The normalized spacial score (nSPS) is 21.6. The lowest BCUT2D eigenvalue weighted by Gasteiger charge is -2.06. The summed E-state index contributed by atoms with van der Waals surface area (Å²) >= 11 is 0. The Morgan fingerprint density at radius 2 is 2.23 bits per heavy atom. The highest BCUT2D eigenvalue weighted by Crippen LogP contribution is 2.06. The lowest BCUT2D eigenvalue weighted by molar-refractivity contribution is -0.0138. The molecular formula is C6H6N2O4S. The maximum Gasteiger partial charge on any atom is 0.398 e. The molecule has 0 fully saturated rings. The van der Waals surface area contributed by atoms with Crippen molar-refractivity contribution >= 4 is 16.1 Å². The van der Waals surface area contributed by atoms with Crippen molar-refractivity contribution in [1.82, 2.24) is 0 Å². The standard InChI is InChI=1S/C6H6N2O4S/c7-8-5-3-1-2-4-6(5)12-13(9,10)11/h1-4,6H,(H,9,10,11). The van der Waals surface area contributed by atoms with Crippen molar-refractivity contribution in [3.63, 3.8) is 0 Å². The molecule has 0 saturated heterocycles. The molecule has 1 aliphatic rings. The first-order chi connectivity index (χ1) is 6.03. The molecule has 0 aromatic heterocycles. The van der Waals surface area contributed by atoms with Crippen molar-refractivity contribution < 1.29 is 21.9 Å². The highest BCUT2D eigenvalue weighted by atomic mass is 32.3. The predicted molar refractivity (Wildman–Crippen MR) is 43.3 cm³/mol. The molecule has 0 spiro atoms. The van der Waals surface area contributed by atoms with E-state index in [2.05, 4.69) is 8.97 Å². The molecule has 0 saturated carbocycles. The summed E-state index contributed by atoms with van der Waals surface area (Å²) < 4.78 is 33.1. The fraction of sp³-hybridized carbons (Fsp3) is 0.167. The van der Waals surface area contributed by atoms with E-state index in [4.69, 9.17) is 10.1 Å². The zero-order chi connectivity index (χ0) is 9.90.